The first-order valence-electron chi connectivity index (χ1n) is 8.58. The Labute approximate surface area is 144 Å². The molecular formula is C19H19F2N3O. The van der Waals surface area contributed by atoms with E-state index in [1.807, 2.05) is 12.1 Å². The molecule has 2 aromatic rings. The van der Waals surface area contributed by atoms with E-state index in [-0.39, 0.29) is 29.1 Å². The molecule has 1 aliphatic heterocycles. The van der Waals surface area contributed by atoms with Crippen molar-refractivity contribution in [1.29, 1.82) is 0 Å². The minimum absolute atomic E-state index is 0.00940. The van der Waals surface area contributed by atoms with E-state index in [2.05, 4.69) is 10.3 Å². The zero-order chi connectivity index (χ0) is 17.4. The van der Waals surface area contributed by atoms with Gasteiger partial charge in [0.2, 0.25) is 5.91 Å². The molecule has 1 aliphatic carbocycles. The van der Waals surface area contributed by atoms with E-state index in [1.54, 1.807) is 17.3 Å². The summed E-state index contributed by atoms with van der Waals surface area (Å²) < 4.78 is 28.7. The molecule has 1 amide bonds. The Bertz CT molecular complexity index is 768. The number of pyridine rings is 1. The van der Waals surface area contributed by atoms with Crippen molar-refractivity contribution in [3.8, 4) is 0 Å². The molecule has 2 aliphatic rings. The summed E-state index contributed by atoms with van der Waals surface area (Å²) in [5.74, 6) is -1.50. The summed E-state index contributed by atoms with van der Waals surface area (Å²) in [6.45, 7) is 1.32. The highest BCUT2D eigenvalue weighted by molar-refractivity contribution is 5.95. The number of carbonyl (C=O) groups is 1. The van der Waals surface area contributed by atoms with Crippen LogP contribution in [0.1, 0.15) is 30.7 Å². The fourth-order valence-corrected chi connectivity index (χ4v) is 3.56. The van der Waals surface area contributed by atoms with Crippen LogP contribution in [0.4, 0.5) is 20.2 Å². The van der Waals surface area contributed by atoms with Gasteiger partial charge in [-0.1, -0.05) is 6.07 Å². The number of carbonyl (C=O) groups excluding carboxylic acids is 1. The van der Waals surface area contributed by atoms with Crippen LogP contribution in [0, 0.1) is 17.6 Å². The number of hydrogen-bond acceptors (Lipinski definition) is 3. The van der Waals surface area contributed by atoms with Crippen LogP contribution < -0.4 is 10.2 Å². The summed E-state index contributed by atoms with van der Waals surface area (Å²) in [5.41, 5.74) is 1.19. The van der Waals surface area contributed by atoms with Gasteiger partial charge in [-0.2, -0.15) is 0 Å². The third-order valence-corrected chi connectivity index (χ3v) is 4.95. The van der Waals surface area contributed by atoms with Gasteiger partial charge in [-0.05, 0) is 48.9 Å². The van der Waals surface area contributed by atoms with Gasteiger partial charge in [0.15, 0.2) is 11.6 Å². The number of halogens is 2. The molecule has 25 heavy (non-hydrogen) atoms. The lowest BCUT2D eigenvalue weighted by Crippen LogP contribution is -2.21. The molecule has 0 bridgehead atoms. The van der Waals surface area contributed by atoms with Gasteiger partial charge in [0.05, 0.1) is 0 Å². The molecule has 1 aromatic carbocycles. The maximum atomic E-state index is 14.3. The van der Waals surface area contributed by atoms with Crippen LogP contribution in [-0.4, -0.2) is 24.0 Å². The van der Waals surface area contributed by atoms with E-state index in [1.165, 1.54) is 12.1 Å². The summed E-state index contributed by atoms with van der Waals surface area (Å²) in [5, 5.41) is 2.65. The van der Waals surface area contributed by atoms with Crippen molar-refractivity contribution < 1.29 is 13.6 Å². The van der Waals surface area contributed by atoms with Gasteiger partial charge >= 0.3 is 0 Å². The second-order valence-electron chi connectivity index (χ2n) is 6.71. The SMILES string of the molecule is O=C(Nc1cc(F)c(N2CCCC2)c(F)c1)C1CC1c1cccnc1. The number of anilines is 2. The van der Waals surface area contributed by atoms with Gasteiger partial charge < -0.3 is 10.2 Å². The summed E-state index contributed by atoms with van der Waals surface area (Å²) in [7, 11) is 0. The normalized spacial score (nSPS) is 22.1. The van der Waals surface area contributed by atoms with Gasteiger partial charge in [-0.3, -0.25) is 9.78 Å². The largest absolute Gasteiger partial charge is 0.367 e. The van der Waals surface area contributed by atoms with Crippen molar-refractivity contribution in [2.24, 2.45) is 5.92 Å². The Morgan fingerprint density at radius 3 is 2.56 bits per heavy atom. The Morgan fingerprint density at radius 2 is 1.92 bits per heavy atom. The minimum Gasteiger partial charge on any atom is -0.367 e. The van der Waals surface area contributed by atoms with Gasteiger partial charge in [0.1, 0.15) is 5.69 Å². The van der Waals surface area contributed by atoms with E-state index in [9.17, 15) is 13.6 Å². The quantitative estimate of drug-likeness (QED) is 0.921. The van der Waals surface area contributed by atoms with Crippen LogP contribution in [0.3, 0.4) is 0 Å². The molecule has 1 saturated carbocycles. The van der Waals surface area contributed by atoms with Crippen LogP contribution in [0.25, 0.3) is 0 Å². The highest BCUT2D eigenvalue weighted by atomic mass is 19.1. The molecule has 2 heterocycles. The lowest BCUT2D eigenvalue weighted by atomic mass is 10.1. The fourth-order valence-electron chi connectivity index (χ4n) is 3.56. The zero-order valence-electron chi connectivity index (χ0n) is 13.7. The van der Waals surface area contributed by atoms with Gasteiger partial charge in [-0.15, -0.1) is 0 Å². The van der Waals surface area contributed by atoms with Crippen LogP contribution in [-0.2, 0) is 4.79 Å². The number of nitrogens with zero attached hydrogens (tertiary/aromatic N) is 2. The lowest BCUT2D eigenvalue weighted by Gasteiger charge is -2.19. The maximum Gasteiger partial charge on any atom is 0.228 e. The zero-order valence-corrected chi connectivity index (χ0v) is 13.7. The standard InChI is InChI=1S/C19H19F2N3O/c20-16-8-13(9-17(21)18(16)24-6-1-2-7-24)23-19(25)15-10-14(15)12-4-3-5-22-11-12/h3-5,8-9,11,14-15H,1-2,6-7,10H2,(H,23,25). The van der Waals surface area contributed by atoms with Crippen LogP contribution in [0.15, 0.2) is 36.7 Å². The van der Waals surface area contributed by atoms with E-state index in [4.69, 9.17) is 0 Å². The molecule has 0 spiro atoms. The molecular weight excluding hydrogens is 324 g/mol. The average molecular weight is 343 g/mol. The monoisotopic (exact) mass is 343 g/mol. The van der Waals surface area contributed by atoms with Crippen molar-refractivity contribution in [3.63, 3.8) is 0 Å². The van der Waals surface area contributed by atoms with Crippen LogP contribution >= 0.6 is 0 Å². The number of rotatable bonds is 4. The molecule has 2 fully saturated rings. The predicted molar refractivity (Wildman–Crippen MR) is 91.5 cm³/mol. The number of amides is 1. The van der Waals surface area contributed by atoms with E-state index >= 15 is 0 Å². The molecule has 0 radical (unpaired) electrons. The second-order valence-corrected chi connectivity index (χ2v) is 6.71. The van der Waals surface area contributed by atoms with Crippen molar-refractivity contribution in [3.05, 3.63) is 53.9 Å². The number of benzene rings is 1. The van der Waals surface area contributed by atoms with Crippen molar-refractivity contribution >= 4 is 17.3 Å². The average Bonchev–Trinajstić information content (AvgIpc) is 3.23. The van der Waals surface area contributed by atoms with Crippen molar-refractivity contribution in [2.75, 3.05) is 23.3 Å². The Hall–Kier alpha value is -2.50. The highest BCUT2D eigenvalue weighted by Gasteiger charge is 2.44. The molecule has 1 N–H and O–H groups in total. The summed E-state index contributed by atoms with van der Waals surface area (Å²) in [4.78, 5) is 18.1. The molecule has 130 valence electrons. The summed E-state index contributed by atoms with van der Waals surface area (Å²) in [6, 6.07) is 6.19. The summed E-state index contributed by atoms with van der Waals surface area (Å²) >= 11 is 0. The smallest absolute Gasteiger partial charge is 0.228 e. The first-order chi connectivity index (χ1) is 12.1. The number of aromatic nitrogens is 1. The number of nitrogens with one attached hydrogen (secondary N) is 1. The molecule has 2 unspecified atom stereocenters. The molecule has 1 saturated heterocycles. The summed E-state index contributed by atoms with van der Waals surface area (Å²) in [6.07, 6.45) is 6.05. The molecule has 1 aromatic heterocycles. The Balaban J connectivity index is 1.45. The second kappa shape index (κ2) is 6.43. The van der Waals surface area contributed by atoms with Crippen molar-refractivity contribution in [2.45, 2.75) is 25.2 Å². The molecule has 2 atom stereocenters. The minimum atomic E-state index is -0.628. The Kier molecular flexibility index (Phi) is 4.11. The maximum absolute atomic E-state index is 14.3. The molecule has 4 nitrogen and oxygen atoms in total. The van der Waals surface area contributed by atoms with Gasteiger partial charge in [-0.25, -0.2) is 8.78 Å². The van der Waals surface area contributed by atoms with Crippen LogP contribution in [0.5, 0.6) is 0 Å². The topological polar surface area (TPSA) is 45.2 Å². The molecule has 4 rings (SSSR count). The van der Waals surface area contributed by atoms with Crippen LogP contribution in [0.2, 0.25) is 0 Å². The van der Waals surface area contributed by atoms with E-state index in [0.29, 0.717) is 13.1 Å². The van der Waals surface area contributed by atoms with E-state index in [0.717, 1.165) is 24.8 Å². The first-order valence-corrected chi connectivity index (χ1v) is 8.58. The Morgan fingerprint density at radius 1 is 1.20 bits per heavy atom. The lowest BCUT2D eigenvalue weighted by molar-refractivity contribution is -0.117. The first kappa shape index (κ1) is 16.0. The van der Waals surface area contributed by atoms with Crippen molar-refractivity contribution in [1.82, 2.24) is 4.98 Å². The van der Waals surface area contributed by atoms with Gasteiger partial charge in [0.25, 0.3) is 0 Å². The van der Waals surface area contributed by atoms with Gasteiger partial charge in [0, 0.05) is 37.1 Å². The highest BCUT2D eigenvalue weighted by Crippen LogP contribution is 2.47. The molecule has 6 heteroatoms. The van der Waals surface area contributed by atoms with E-state index < -0.39 is 11.6 Å². The predicted octanol–water partition coefficient (Wildman–Crippen LogP) is 3.70. The number of hydrogen-bond donors (Lipinski definition) is 1. The third-order valence-electron chi connectivity index (χ3n) is 4.95. The third kappa shape index (κ3) is 3.21. The fraction of sp³-hybridized carbons (Fsp3) is 0.368.